The molecule has 2 aromatic carbocycles. The number of para-hydroxylation sites is 1. The molecule has 5 nitrogen and oxygen atoms in total. The van der Waals surface area contributed by atoms with Crippen LogP contribution in [0.15, 0.2) is 64.5 Å². The number of fused-ring (bicyclic) bond motifs is 1. The Hall–Kier alpha value is -2.65. The summed E-state index contributed by atoms with van der Waals surface area (Å²) in [5.74, 6) is 0. The Labute approximate surface area is 166 Å². The Bertz CT molecular complexity index is 1160. The fraction of sp³-hybridized carbons (Fsp3) is 0.250. The van der Waals surface area contributed by atoms with Gasteiger partial charge >= 0.3 is 6.18 Å². The predicted octanol–water partition coefficient (Wildman–Crippen LogP) is 3.50. The quantitative estimate of drug-likeness (QED) is 0.702. The van der Waals surface area contributed by atoms with E-state index >= 15 is 0 Å². The van der Waals surface area contributed by atoms with E-state index in [1.165, 1.54) is 18.2 Å². The van der Waals surface area contributed by atoms with E-state index in [2.05, 4.69) is 15.2 Å². The summed E-state index contributed by atoms with van der Waals surface area (Å²) in [7, 11) is -4.39. The fourth-order valence-electron chi connectivity index (χ4n) is 3.49. The van der Waals surface area contributed by atoms with Gasteiger partial charge in [0.05, 0.1) is 26.6 Å². The molecule has 1 aromatic heterocycles. The van der Waals surface area contributed by atoms with Gasteiger partial charge in [-0.15, -0.1) is 0 Å². The van der Waals surface area contributed by atoms with E-state index in [4.69, 9.17) is 0 Å². The SMILES string of the molecule is O=S(=O)(c1cnc2c(N3CCNCC3)cccc2c1)c1ccccc1C(F)(F)F. The number of hydrogen-bond donors (Lipinski definition) is 1. The van der Waals surface area contributed by atoms with Crippen LogP contribution >= 0.6 is 0 Å². The molecule has 0 unspecified atom stereocenters. The Kier molecular flexibility index (Phi) is 4.95. The van der Waals surface area contributed by atoms with Gasteiger partial charge in [-0.1, -0.05) is 24.3 Å². The normalized spacial score (nSPS) is 15.6. The molecule has 152 valence electrons. The highest BCUT2D eigenvalue weighted by Crippen LogP contribution is 2.37. The summed E-state index contributed by atoms with van der Waals surface area (Å²) < 4.78 is 65.9. The molecule has 0 aliphatic carbocycles. The molecule has 1 N–H and O–H groups in total. The third kappa shape index (κ3) is 3.67. The molecular formula is C20H18F3N3O2S. The van der Waals surface area contributed by atoms with Crippen molar-refractivity contribution in [1.82, 2.24) is 10.3 Å². The summed E-state index contributed by atoms with van der Waals surface area (Å²) in [6.07, 6.45) is -3.64. The molecule has 4 rings (SSSR count). The largest absolute Gasteiger partial charge is 0.417 e. The molecule has 1 fully saturated rings. The van der Waals surface area contributed by atoms with Gasteiger partial charge < -0.3 is 10.2 Å². The average Bonchev–Trinajstić information content (AvgIpc) is 2.73. The van der Waals surface area contributed by atoms with E-state index in [-0.39, 0.29) is 4.90 Å². The van der Waals surface area contributed by atoms with Crippen LogP contribution in [0.3, 0.4) is 0 Å². The zero-order valence-electron chi connectivity index (χ0n) is 15.3. The van der Waals surface area contributed by atoms with Crippen LogP contribution in [-0.2, 0) is 16.0 Å². The first-order chi connectivity index (χ1) is 13.8. The van der Waals surface area contributed by atoms with Gasteiger partial charge in [0.15, 0.2) is 0 Å². The second-order valence-corrected chi connectivity index (χ2v) is 8.67. The molecule has 0 bridgehead atoms. The molecule has 1 saturated heterocycles. The summed E-state index contributed by atoms with van der Waals surface area (Å²) in [4.78, 5) is 5.43. The van der Waals surface area contributed by atoms with Gasteiger partial charge in [0, 0.05) is 37.8 Å². The highest BCUT2D eigenvalue weighted by atomic mass is 32.2. The molecule has 0 spiro atoms. The maximum Gasteiger partial charge on any atom is 0.417 e. The molecular weight excluding hydrogens is 403 g/mol. The number of pyridine rings is 1. The van der Waals surface area contributed by atoms with Crippen molar-refractivity contribution in [3.63, 3.8) is 0 Å². The third-order valence-corrected chi connectivity index (χ3v) is 6.69. The lowest BCUT2D eigenvalue weighted by Gasteiger charge is -2.30. The Balaban J connectivity index is 1.81. The van der Waals surface area contributed by atoms with Crippen molar-refractivity contribution in [2.24, 2.45) is 0 Å². The summed E-state index contributed by atoms with van der Waals surface area (Å²) >= 11 is 0. The number of piperazine rings is 1. The van der Waals surface area contributed by atoms with E-state index in [0.717, 1.165) is 50.2 Å². The number of sulfone groups is 1. The first-order valence-electron chi connectivity index (χ1n) is 9.04. The summed E-state index contributed by atoms with van der Waals surface area (Å²) in [6.45, 7) is 3.24. The predicted molar refractivity (Wildman–Crippen MR) is 104 cm³/mol. The fourth-order valence-corrected chi connectivity index (χ4v) is 4.95. The third-order valence-electron chi connectivity index (χ3n) is 4.91. The first-order valence-corrected chi connectivity index (χ1v) is 10.5. The summed E-state index contributed by atoms with van der Waals surface area (Å²) in [6, 6.07) is 11.0. The van der Waals surface area contributed by atoms with Crippen LogP contribution in [0.1, 0.15) is 5.56 Å². The van der Waals surface area contributed by atoms with E-state index in [0.29, 0.717) is 10.9 Å². The Morgan fingerprint density at radius 3 is 2.45 bits per heavy atom. The molecule has 0 radical (unpaired) electrons. The molecule has 3 aromatic rings. The number of benzene rings is 2. The van der Waals surface area contributed by atoms with Gasteiger partial charge in [-0.3, -0.25) is 4.98 Å². The van der Waals surface area contributed by atoms with Crippen molar-refractivity contribution < 1.29 is 21.6 Å². The van der Waals surface area contributed by atoms with Gasteiger partial charge in [0.25, 0.3) is 0 Å². The van der Waals surface area contributed by atoms with Crippen molar-refractivity contribution in [3.05, 3.63) is 60.3 Å². The van der Waals surface area contributed by atoms with Crippen LogP contribution in [0.2, 0.25) is 0 Å². The second-order valence-electron chi connectivity index (χ2n) is 6.75. The zero-order chi connectivity index (χ0) is 20.6. The van der Waals surface area contributed by atoms with Crippen LogP contribution < -0.4 is 10.2 Å². The Morgan fingerprint density at radius 2 is 1.72 bits per heavy atom. The van der Waals surface area contributed by atoms with Crippen molar-refractivity contribution in [3.8, 4) is 0 Å². The number of nitrogens with one attached hydrogen (secondary N) is 1. The minimum Gasteiger partial charge on any atom is -0.367 e. The van der Waals surface area contributed by atoms with Gasteiger partial charge in [-0.05, 0) is 24.3 Å². The number of rotatable bonds is 3. The molecule has 0 amide bonds. The van der Waals surface area contributed by atoms with Crippen LogP contribution in [0.5, 0.6) is 0 Å². The van der Waals surface area contributed by atoms with Crippen LogP contribution in [-0.4, -0.2) is 39.6 Å². The molecule has 0 atom stereocenters. The lowest BCUT2D eigenvalue weighted by Crippen LogP contribution is -2.43. The van der Waals surface area contributed by atoms with E-state index in [9.17, 15) is 21.6 Å². The number of anilines is 1. The van der Waals surface area contributed by atoms with Gasteiger partial charge in [-0.2, -0.15) is 13.2 Å². The number of hydrogen-bond acceptors (Lipinski definition) is 5. The number of aromatic nitrogens is 1. The van der Waals surface area contributed by atoms with E-state index in [1.807, 2.05) is 6.07 Å². The first kappa shape index (κ1) is 19.7. The lowest BCUT2D eigenvalue weighted by atomic mass is 10.1. The molecule has 29 heavy (non-hydrogen) atoms. The molecule has 1 aliphatic rings. The smallest absolute Gasteiger partial charge is 0.367 e. The Morgan fingerprint density at radius 1 is 1.00 bits per heavy atom. The summed E-state index contributed by atoms with van der Waals surface area (Å²) in [5, 5.41) is 3.83. The van der Waals surface area contributed by atoms with Crippen LogP contribution in [0.25, 0.3) is 10.9 Å². The van der Waals surface area contributed by atoms with Crippen LogP contribution in [0.4, 0.5) is 18.9 Å². The highest BCUT2D eigenvalue weighted by Gasteiger charge is 2.37. The zero-order valence-corrected chi connectivity index (χ0v) is 16.1. The molecule has 9 heteroatoms. The van der Waals surface area contributed by atoms with Gasteiger partial charge in [0.2, 0.25) is 9.84 Å². The molecule has 2 heterocycles. The van der Waals surface area contributed by atoms with Crippen molar-refractivity contribution in [2.45, 2.75) is 16.0 Å². The standard InChI is InChI=1S/C20H18F3N3O2S/c21-20(22,23)16-5-1-2-7-18(16)29(27,28)15-12-14-4-3-6-17(19(14)25-13-15)26-10-8-24-9-11-26/h1-7,12-13,24H,8-11H2. The maximum atomic E-state index is 13.3. The summed E-state index contributed by atoms with van der Waals surface area (Å²) in [5.41, 5.74) is 0.316. The van der Waals surface area contributed by atoms with Crippen LogP contribution in [0, 0.1) is 0 Å². The van der Waals surface area contributed by atoms with Crippen molar-refractivity contribution >= 4 is 26.4 Å². The average molecular weight is 421 g/mol. The van der Waals surface area contributed by atoms with Gasteiger partial charge in [-0.25, -0.2) is 8.42 Å². The maximum absolute atomic E-state index is 13.3. The molecule has 0 saturated carbocycles. The number of alkyl halides is 3. The minimum absolute atomic E-state index is 0.265. The molecule has 1 aliphatic heterocycles. The number of halogens is 3. The topological polar surface area (TPSA) is 62.3 Å². The second kappa shape index (κ2) is 7.31. The van der Waals surface area contributed by atoms with E-state index < -0.39 is 26.5 Å². The van der Waals surface area contributed by atoms with E-state index in [1.54, 1.807) is 12.1 Å². The highest BCUT2D eigenvalue weighted by molar-refractivity contribution is 7.91. The monoisotopic (exact) mass is 421 g/mol. The minimum atomic E-state index is -4.77. The number of nitrogens with zero attached hydrogens (tertiary/aromatic N) is 2. The lowest BCUT2D eigenvalue weighted by molar-refractivity contribution is -0.139. The van der Waals surface area contributed by atoms with Crippen molar-refractivity contribution in [1.29, 1.82) is 0 Å². The van der Waals surface area contributed by atoms with Gasteiger partial charge in [0.1, 0.15) is 0 Å². The van der Waals surface area contributed by atoms with Crippen molar-refractivity contribution in [2.75, 3.05) is 31.1 Å².